The van der Waals surface area contributed by atoms with Crippen molar-refractivity contribution in [3.63, 3.8) is 0 Å². The Hall–Kier alpha value is -1.87. The Morgan fingerprint density at radius 2 is 2.24 bits per heavy atom. The summed E-state index contributed by atoms with van der Waals surface area (Å²) in [6.07, 6.45) is 3.39. The fraction of sp³-hybridized carbons (Fsp3) is 0.438. The fourth-order valence-electron chi connectivity index (χ4n) is 2.42. The Labute approximate surface area is 155 Å². The van der Waals surface area contributed by atoms with Crippen LogP contribution in [0.4, 0.5) is 5.95 Å². The molecule has 3 rings (SSSR count). The molecule has 9 heteroatoms. The zero-order valence-corrected chi connectivity index (χ0v) is 16.1. The van der Waals surface area contributed by atoms with Crippen LogP contribution in [0.15, 0.2) is 28.4 Å². The Bertz CT molecular complexity index is 815. The number of allylic oxidation sites excluding steroid dienone is 1. The Balaban J connectivity index is 1.48. The first-order valence-electron chi connectivity index (χ1n) is 8.01. The van der Waals surface area contributed by atoms with Crippen molar-refractivity contribution in [3.8, 4) is 0 Å². The van der Waals surface area contributed by atoms with Gasteiger partial charge in [-0.05, 0) is 19.3 Å². The molecule has 0 radical (unpaired) electrons. The molecule has 2 aromatic rings. The van der Waals surface area contributed by atoms with E-state index in [2.05, 4.69) is 35.6 Å². The summed E-state index contributed by atoms with van der Waals surface area (Å²) in [5, 5.41) is 5.23. The summed E-state index contributed by atoms with van der Waals surface area (Å²) in [5.41, 5.74) is 3.93. The van der Waals surface area contributed by atoms with Crippen molar-refractivity contribution >= 4 is 29.5 Å². The van der Waals surface area contributed by atoms with Gasteiger partial charge in [0, 0.05) is 42.7 Å². The van der Waals surface area contributed by atoms with E-state index in [4.69, 9.17) is 0 Å². The molecule has 0 aliphatic carbocycles. The summed E-state index contributed by atoms with van der Waals surface area (Å²) in [5.74, 6) is 2.29. The second-order valence-corrected chi connectivity index (χ2v) is 7.89. The molecular formula is C16H22N6OS2. The normalized spacial score (nSPS) is 17.0. The lowest BCUT2D eigenvalue weighted by molar-refractivity contribution is 0.409. The number of hydrogen-bond acceptors (Lipinski definition) is 7. The first-order chi connectivity index (χ1) is 12.1. The molecule has 1 aliphatic heterocycles. The number of aromatic amines is 2. The van der Waals surface area contributed by atoms with Crippen LogP contribution in [0.3, 0.4) is 0 Å². The minimum atomic E-state index is -0.0928. The number of thioether (sulfide) groups is 2. The van der Waals surface area contributed by atoms with Gasteiger partial charge in [0.15, 0.2) is 0 Å². The predicted molar refractivity (Wildman–Crippen MR) is 105 cm³/mol. The van der Waals surface area contributed by atoms with Gasteiger partial charge in [-0.15, -0.1) is 11.8 Å². The van der Waals surface area contributed by atoms with Crippen LogP contribution in [0.1, 0.15) is 29.2 Å². The zero-order chi connectivity index (χ0) is 17.8. The Morgan fingerprint density at radius 1 is 1.40 bits per heavy atom. The minimum absolute atomic E-state index is 0.00190. The molecule has 1 atom stereocenters. The Kier molecular flexibility index (Phi) is 5.74. The van der Waals surface area contributed by atoms with Crippen LogP contribution in [0.25, 0.3) is 0 Å². The SMILES string of the molecule is CC1=CSC(c2cnc(NCCSCc3nc[nH]c3C)[nH]c2=O)N1C. The van der Waals surface area contributed by atoms with Crippen LogP contribution in [-0.2, 0) is 5.75 Å². The van der Waals surface area contributed by atoms with Gasteiger partial charge in [0.05, 0.1) is 17.6 Å². The van der Waals surface area contributed by atoms with Gasteiger partial charge < -0.3 is 15.2 Å². The Morgan fingerprint density at radius 3 is 2.88 bits per heavy atom. The largest absolute Gasteiger partial charge is 0.361 e. The lowest BCUT2D eigenvalue weighted by Crippen LogP contribution is -2.25. The van der Waals surface area contributed by atoms with E-state index in [0.29, 0.717) is 11.5 Å². The lowest BCUT2D eigenvalue weighted by Gasteiger charge is -2.22. The fourth-order valence-corrected chi connectivity index (χ4v) is 4.45. The van der Waals surface area contributed by atoms with Crippen molar-refractivity contribution < 1.29 is 0 Å². The van der Waals surface area contributed by atoms with E-state index in [9.17, 15) is 4.79 Å². The van der Waals surface area contributed by atoms with E-state index in [1.54, 1.807) is 36.0 Å². The summed E-state index contributed by atoms with van der Waals surface area (Å²) in [4.78, 5) is 29.0. The number of hydrogen-bond donors (Lipinski definition) is 3. The lowest BCUT2D eigenvalue weighted by atomic mass is 10.3. The molecule has 0 spiro atoms. The van der Waals surface area contributed by atoms with E-state index in [1.165, 1.54) is 0 Å². The van der Waals surface area contributed by atoms with E-state index < -0.39 is 0 Å². The topological polar surface area (TPSA) is 89.7 Å². The molecule has 0 amide bonds. The molecule has 0 aromatic carbocycles. The number of aryl methyl sites for hydroxylation is 1. The smallest absolute Gasteiger partial charge is 0.258 e. The molecule has 7 nitrogen and oxygen atoms in total. The third-order valence-electron chi connectivity index (χ3n) is 4.08. The maximum Gasteiger partial charge on any atom is 0.258 e. The molecule has 3 heterocycles. The third kappa shape index (κ3) is 4.21. The molecule has 134 valence electrons. The molecule has 0 fully saturated rings. The molecular weight excluding hydrogens is 356 g/mol. The van der Waals surface area contributed by atoms with Crippen molar-refractivity contribution in [1.29, 1.82) is 0 Å². The van der Waals surface area contributed by atoms with Crippen LogP contribution in [0.2, 0.25) is 0 Å². The minimum Gasteiger partial charge on any atom is -0.361 e. The molecule has 2 aromatic heterocycles. The van der Waals surface area contributed by atoms with Crippen molar-refractivity contribution in [2.45, 2.75) is 25.0 Å². The highest BCUT2D eigenvalue weighted by Crippen LogP contribution is 2.39. The van der Waals surface area contributed by atoms with E-state index >= 15 is 0 Å². The summed E-state index contributed by atoms with van der Waals surface area (Å²) in [6, 6.07) is 0. The van der Waals surface area contributed by atoms with Gasteiger partial charge in [-0.25, -0.2) is 9.97 Å². The zero-order valence-electron chi connectivity index (χ0n) is 14.5. The number of aromatic nitrogens is 4. The molecule has 25 heavy (non-hydrogen) atoms. The number of anilines is 1. The molecule has 0 saturated carbocycles. The van der Waals surface area contributed by atoms with Gasteiger partial charge in [0.1, 0.15) is 5.37 Å². The van der Waals surface area contributed by atoms with Crippen molar-refractivity contribution in [3.05, 3.63) is 50.9 Å². The second-order valence-electron chi connectivity index (χ2n) is 5.83. The van der Waals surface area contributed by atoms with Crippen LogP contribution in [-0.4, -0.2) is 44.2 Å². The second kappa shape index (κ2) is 8.01. The van der Waals surface area contributed by atoms with Gasteiger partial charge >= 0.3 is 0 Å². The van der Waals surface area contributed by atoms with Gasteiger partial charge in [-0.1, -0.05) is 0 Å². The molecule has 1 unspecified atom stereocenters. The number of H-pyrrole nitrogens is 2. The summed E-state index contributed by atoms with van der Waals surface area (Å²) in [7, 11) is 1.99. The molecule has 0 saturated heterocycles. The number of rotatable bonds is 7. The number of nitrogens with zero attached hydrogens (tertiary/aromatic N) is 3. The first-order valence-corrected chi connectivity index (χ1v) is 10.1. The highest BCUT2D eigenvalue weighted by Gasteiger charge is 2.25. The van der Waals surface area contributed by atoms with Crippen molar-refractivity contribution in [2.75, 3.05) is 24.7 Å². The highest BCUT2D eigenvalue weighted by atomic mass is 32.2. The third-order valence-corrected chi connectivity index (χ3v) is 6.36. The average Bonchev–Trinajstić information content (AvgIpc) is 3.14. The van der Waals surface area contributed by atoms with Crippen LogP contribution in [0, 0.1) is 6.92 Å². The maximum absolute atomic E-state index is 12.3. The highest BCUT2D eigenvalue weighted by molar-refractivity contribution is 8.02. The quantitative estimate of drug-likeness (QED) is 0.638. The van der Waals surface area contributed by atoms with Gasteiger partial charge in [0.25, 0.3) is 5.56 Å². The number of imidazole rings is 1. The standard InChI is InChI=1S/C16H22N6OS2/c1-10-7-25-15(22(10)3)12-6-18-16(21-14(12)23)17-4-5-24-8-13-11(2)19-9-20-13/h6-7,9,15H,4-5,8H2,1-3H3,(H,19,20)(H2,17,18,21,23). The maximum atomic E-state index is 12.3. The average molecular weight is 379 g/mol. The molecule has 3 N–H and O–H groups in total. The van der Waals surface area contributed by atoms with Gasteiger partial charge in [0.2, 0.25) is 5.95 Å². The first kappa shape index (κ1) is 17.9. The monoisotopic (exact) mass is 378 g/mol. The summed E-state index contributed by atoms with van der Waals surface area (Å²) in [6.45, 7) is 4.79. The van der Waals surface area contributed by atoms with Gasteiger partial charge in [-0.3, -0.25) is 9.78 Å². The predicted octanol–water partition coefficient (Wildman–Crippen LogP) is 2.69. The van der Waals surface area contributed by atoms with Crippen LogP contribution >= 0.6 is 23.5 Å². The summed E-state index contributed by atoms with van der Waals surface area (Å²) >= 11 is 3.42. The summed E-state index contributed by atoms with van der Waals surface area (Å²) < 4.78 is 0. The van der Waals surface area contributed by atoms with Gasteiger partial charge in [-0.2, -0.15) is 11.8 Å². The van der Waals surface area contributed by atoms with E-state index in [-0.39, 0.29) is 10.9 Å². The van der Waals surface area contributed by atoms with E-state index in [0.717, 1.165) is 35.1 Å². The molecule has 1 aliphatic rings. The van der Waals surface area contributed by atoms with Crippen LogP contribution in [0.5, 0.6) is 0 Å². The van der Waals surface area contributed by atoms with Crippen LogP contribution < -0.4 is 10.9 Å². The number of nitrogens with one attached hydrogen (secondary N) is 3. The van der Waals surface area contributed by atoms with E-state index in [1.807, 2.05) is 20.9 Å². The molecule has 0 bridgehead atoms. The van der Waals surface area contributed by atoms with Crippen molar-refractivity contribution in [1.82, 2.24) is 24.8 Å². The van der Waals surface area contributed by atoms with Crippen molar-refractivity contribution in [2.24, 2.45) is 0 Å².